The fourth-order valence-corrected chi connectivity index (χ4v) is 2.35. The van der Waals surface area contributed by atoms with Crippen LogP contribution in [-0.2, 0) is 0 Å². The van der Waals surface area contributed by atoms with Gasteiger partial charge in [0.25, 0.3) is 0 Å². The molecule has 0 aliphatic carbocycles. The summed E-state index contributed by atoms with van der Waals surface area (Å²) in [5, 5.41) is 0. The Morgan fingerprint density at radius 2 is 1.75 bits per heavy atom. The van der Waals surface area contributed by atoms with Crippen LogP contribution in [0.15, 0.2) is 42.5 Å². The van der Waals surface area contributed by atoms with Crippen molar-refractivity contribution in [2.75, 3.05) is 6.61 Å². The maximum absolute atomic E-state index is 6.38. The van der Waals surface area contributed by atoms with Gasteiger partial charge >= 0.3 is 0 Å². The number of rotatable bonds is 5. The maximum atomic E-state index is 6.38. The lowest BCUT2D eigenvalue weighted by atomic mass is 9.94. The molecule has 2 nitrogen and oxygen atoms in total. The van der Waals surface area contributed by atoms with Gasteiger partial charge in [-0.1, -0.05) is 42.8 Å². The first-order chi connectivity index (χ1) is 9.61. The third-order valence-electron chi connectivity index (χ3n) is 3.47. The summed E-state index contributed by atoms with van der Waals surface area (Å²) in [5.74, 6) is 0.906. The summed E-state index contributed by atoms with van der Waals surface area (Å²) in [4.78, 5) is 0. The van der Waals surface area contributed by atoms with Gasteiger partial charge in [-0.05, 0) is 49.1 Å². The largest absolute Gasteiger partial charge is 0.494 e. The molecule has 0 aromatic heterocycles. The molecule has 2 aromatic rings. The minimum Gasteiger partial charge on any atom is -0.494 e. The average Bonchev–Trinajstić information content (AvgIpc) is 2.45. The summed E-state index contributed by atoms with van der Waals surface area (Å²) >= 11 is 0. The molecule has 0 saturated carbocycles. The van der Waals surface area contributed by atoms with Crippen LogP contribution in [0.3, 0.4) is 0 Å². The zero-order valence-electron chi connectivity index (χ0n) is 12.5. The van der Waals surface area contributed by atoms with Gasteiger partial charge in [-0.15, -0.1) is 0 Å². The fraction of sp³-hybridized carbons (Fsp3) is 0.333. The van der Waals surface area contributed by atoms with Gasteiger partial charge in [0.05, 0.1) is 12.6 Å². The lowest BCUT2D eigenvalue weighted by Crippen LogP contribution is -2.13. The van der Waals surface area contributed by atoms with Crippen LogP contribution < -0.4 is 10.5 Å². The zero-order chi connectivity index (χ0) is 14.5. The van der Waals surface area contributed by atoms with Crippen molar-refractivity contribution in [3.05, 3.63) is 64.7 Å². The minimum absolute atomic E-state index is 0.0872. The SMILES string of the molecule is CCCOc1ccc(C(N)c2ccc(C)cc2C)cc1. The average molecular weight is 269 g/mol. The Morgan fingerprint density at radius 3 is 2.35 bits per heavy atom. The second-order valence-electron chi connectivity index (χ2n) is 5.26. The van der Waals surface area contributed by atoms with Crippen LogP contribution in [0.25, 0.3) is 0 Å². The first kappa shape index (κ1) is 14.6. The smallest absolute Gasteiger partial charge is 0.119 e. The van der Waals surface area contributed by atoms with Crippen LogP contribution in [0.5, 0.6) is 5.75 Å². The van der Waals surface area contributed by atoms with E-state index in [0.29, 0.717) is 0 Å². The highest BCUT2D eigenvalue weighted by atomic mass is 16.5. The van der Waals surface area contributed by atoms with Crippen molar-refractivity contribution < 1.29 is 4.74 Å². The molecule has 1 atom stereocenters. The quantitative estimate of drug-likeness (QED) is 0.885. The summed E-state index contributed by atoms with van der Waals surface area (Å²) in [6.45, 7) is 7.07. The molecule has 0 bridgehead atoms. The predicted octanol–water partition coefficient (Wildman–Crippen LogP) is 4.14. The first-order valence-corrected chi connectivity index (χ1v) is 7.17. The molecule has 2 N–H and O–H groups in total. The number of benzene rings is 2. The van der Waals surface area contributed by atoms with Gasteiger partial charge in [-0.2, -0.15) is 0 Å². The van der Waals surface area contributed by atoms with Crippen molar-refractivity contribution in [3.8, 4) is 5.75 Å². The van der Waals surface area contributed by atoms with Crippen molar-refractivity contribution in [1.82, 2.24) is 0 Å². The summed E-state index contributed by atoms with van der Waals surface area (Å²) in [6.07, 6.45) is 1.02. The molecule has 0 aliphatic heterocycles. The van der Waals surface area contributed by atoms with E-state index in [1.165, 1.54) is 16.7 Å². The van der Waals surface area contributed by atoms with Crippen molar-refractivity contribution in [1.29, 1.82) is 0 Å². The van der Waals surface area contributed by atoms with Gasteiger partial charge in [0.15, 0.2) is 0 Å². The molecule has 1 unspecified atom stereocenters. The Hall–Kier alpha value is -1.80. The van der Waals surface area contributed by atoms with Crippen LogP contribution in [0.4, 0.5) is 0 Å². The third kappa shape index (κ3) is 3.40. The van der Waals surface area contributed by atoms with E-state index in [0.717, 1.165) is 24.3 Å². The summed E-state index contributed by atoms with van der Waals surface area (Å²) in [6, 6.07) is 14.4. The monoisotopic (exact) mass is 269 g/mol. The molecule has 2 heteroatoms. The fourth-order valence-electron chi connectivity index (χ4n) is 2.35. The Morgan fingerprint density at radius 1 is 1.05 bits per heavy atom. The molecule has 2 rings (SSSR count). The van der Waals surface area contributed by atoms with Gasteiger partial charge in [-0.25, -0.2) is 0 Å². The molecule has 0 aliphatic rings. The van der Waals surface area contributed by atoms with Gasteiger partial charge in [0.1, 0.15) is 5.75 Å². The van der Waals surface area contributed by atoms with Crippen LogP contribution in [0, 0.1) is 13.8 Å². The molecule has 0 heterocycles. The number of hydrogen-bond acceptors (Lipinski definition) is 2. The molecular formula is C18H23NO. The van der Waals surface area contributed by atoms with Gasteiger partial charge in [0.2, 0.25) is 0 Å². The molecule has 0 radical (unpaired) electrons. The summed E-state index contributed by atoms with van der Waals surface area (Å²) in [5.41, 5.74) is 11.2. The second-order valence-corrected chi connectivity index (χ2v) is 5.26. The third-order valence-corrected chi connectivity index (χ3v) is 3.47. The van der Waals surface area contributed by atoms with E-state index in [9.17, 15) is 0 Å². The van der Waals surface area contributed by atoms with E-state index in [2.05, 4.69) is 51.1 Å². The Kier molecular flexibility index (Phi) is 4.80. The summed E-state index contributed by atoms with van der Waals surface area (Å²) in [7, 11) is 0. The van der Waals surface area contributed by atoms with Crippen molar-refractivity contribution in [2.45, 2.75) is 33.2 Å². The molecule has 20 heavy (non-hydrogen) atoms. The van der Waals surface area contributed by atoms with Crippen molar-refractivity contribution in [2.24, 2.45) is 5.73 Å². The first-order valence-electron chi connectivity index (χ1n) is 7.17. The van der Waals surface area contributed by atoms with E-state index >= 15 is 0 Å². The summed E-state index contributed by atoms with van der Waals surface area (Å²) < 4.78 is 5.59. The lowest BCUT2D eigenvalue weighted by Gasteiger charge is -2.16. The van der Waals surface area contributed by atoms with Crippen molar-refractivity contribution >= 4 is 0 Å². The topological polar surface area (TPSA) is 35.2 Å². The number of hydrogen-bond donors (Lipinski definition) is 1. The van der Waals surface area contributed by atoms with E-state index in [1.54, 1.807) is 0 Å². The van der Waals surface area contributed by atoms with Crippen LogP contribution >= 0.6 is 0 Å². The van der Waals surface area contributed by atoms with Crippen molar-refractivity contribution in [3.63, 3.8) is 0 Å². The molecular weight excluding hydrogens is 246 g/mol. The highest BCUT2D eigenvalue weighted by Gasteiger charge is 2.11. The highest BCUT2D eigenvalue weighted by molar-refractivity contribution is 5.40. The lowest BCUT2D eigenvalue weighted by molar-refractivity contribution is 0.317. The Labute approximate surface area is 121 Å². The zero-order valence-corrected chi connectivity index (χ0v) is 12.5. The minimum atomic E-state index is -0.0872. The van der Waals surface area contributed by atoms with Crippen LogP contribution in [0.2, 0.25) is 0 Å². The van der Waals surface area contributed by atoms with Gasteiger partial charge in [0, 0.05) is 0 Å². The van der Waals surface area contributed by atoms with Gasteiger partial charge < -0.3 is 10.5 Å². The second kappa shape index (κ2) is 6.58. The maximum Gasteiger partial charge on any atom is 0.119 e. The Balaban J connectivity index is 2.18. The number of nitrogens with two attached hydrogens (primary N) is 1. The van der Waals surface area contributed by atoms with E-state index in [1.807, 2.05) is 12.1 Å². The number of aryl methyl sites for hydroxylation is 2. The van der Waals surface area contributed by atoms with Crippen LogP contribution in [0.1, 0.15) is 41.6 Å². The molecule has 0 fully saturated rings. The highest BCUT2D eigenvalue weighted by Crippen LogP contribution is 2.25. The Bertz CT molecular complexity index is 560. The van der Waals surface area contributed by atoms with E-state index < -0.39 is 0 Å². The van der Waals surface area contributed by atoms with E-state index in [4.69, 9.17) is 10.5 Å². The normalized spacial score (nSPS) is 12.2. The molecule has 0 amide bonds. The standard InChI is InChI=1S/C18H23NO/c1-4-11-20-16-8-6-15(7-9-16)18(19)17-10-5-13(2)12-14(17)3/h5-10,12,18H,4,11,19H2,1-3H3. The van der Waals surface area contributed by atoms with E-state index in [-0.39, 0.29) is 6.04 Å². The predicted molar refractivity (Wildman–Crippen MR) is 84.2 cm³/mol. The molecule has 0 spiro atoms. The number of ether oxygens (including phenoxy) is 1. The molecule has 106 valence electrons. The van der Waals surface area contributed by atoms with Gasteiger partial charge in [-0.3, -0.25) is 0 Å². The molecule has 0 saturated heterocycles. The van der Waals surface area contributed by atoms with Crippen LogP contribution in [-0.4, -0.2) is 6.61 Å². The molecule has 2 aromatic carbocycles.